The van der Waals surface area contributed by atoms with E-state index in [2.05, 4.69) is 6.92 Å². The van der Waals surface area contributed by atoms with Crippen LogP contribution in [0.15, 0.2) is 18.2 Å². The van der Waals surface area contributed by atoms with Crippen LogP contribution in [-0.2, 0) is 0 Å². The Hall–Kier alpha value is -1.09. The van der Waals surface area contributed by atoms with Gasteiger partial charge in [0.1, 0.15) is 5.82 Å². The molecular weight excluding hydrogens is 215 g/mol. The molecule has 1 saturated carbocycles. The van der Waals surface area contributed by atoms with Crippen molar-refractivity contribution in [2.75, 3.05) is 11.9 Å². The van der Waals surface area contributed by atoms with Crippen molar-refractivity contribution in [1.29, 1.82) is 0 Å². The summed E-state index contributed by atoms with van der Waals surface area (Å²) in [6, 6.07) is 5.60. The molecule has 0 aromatic heterocycles. The molecule has 2 N–H and O–H groups in total. The van der Waals surface area contributed by atoms with Crippen molar-refractivity contribution in [2.45, 2.75) is 38.8 Å². The fourth-order valence-electron chi connectivity index (χ4n) is 2.21. The number of nitrogens with two attached hydrogens (primary N) is 1. The minimum absolute atomic E-state index is 0.121. The molecule has 0 saturated heterocycles. The van der Waals surface area contributed by atoms with E-state index in [0.29, 0.717) is 11.7 Å². The SMILES string of the molecule is CC(C1CC1)N(C)c1ccc([C@H](C)N)cc1F. The van der Waals surface area contributed by atoms with E-state index in [1.54, 1.807) is 6.07 Å². The standard InChI is InChI=1S/C14H21FN2/c1-9(16)12-6-7-14(13(15)8-12)17(3)10(2)11-4-5-11/h6-11H,4-5,16H2,1-3H3/t9-,10?/m0/s1. The number of hydrogen-bond acceptors (Lipinski definition) is 2. The van der Waals surface area contributed by atoms with Crippen molar-refractivity contribution in [1.82, 2.24) is 0 Å². The van der Waals surface area contributed by atoms with Crippen LogP contribution >= 0.6 is 0 Å². The summed E-state index contributed by atoms with van der Waals surface area (Å²) in [6.45, 7) is 4.03. The van der Waals surface area contributed by atoms with Crippen LogP contribution in [0.3, 0.4) is 0 Å². The molecule has 2 rings (SSSR count). The maximum absolute atomic E-state index is 14.0. The molecule has 0 amide bonds. The topological polar surface area (TPSA) is 29.3 Å². The van der Waals surface area contributed by atoms with Crippen LogP contribution in [0, 0.1) is 11.7 Å². The van der Waals surface area contributed by atoms with E-state index in [-0.39, 0.29) is 11.9 Å². The summed E-state index contributed by atoms with van der Waals surface area (Å²) < 4.78 is 14.0. The third kappa shape index (κ3) is 2.60. The van der Waals surface area contributed by atoms with Gasteiger partial charge in [0.15, 0.2) is 0 Å². The van der Waals surface area contributed by atoms with E-state index in [4.69, 9.17) is 5.73 Å². The Morgan fingerprint density at radius 3 is 2.47 bits per heavy atom. The molecule has 1 aliphatic rings. The van der Waals surface area contributed by atoms with Crippen LogP contribution in [0.25, 0.3) is 0 Å². The second-order valence-electron chi connectivity index (χ2n) is 5.19. The molecule has 0 aliphatic heterocycles. The molecule has 2 atom stereocenters. The molecule has 2 nitrogen and oxygen atoms in total. The maximum Gasteiger partial charge on any atom is 0.146 e. The Morgan fingerprint density at radius 1 is 1.35 bits per heavy atom. The fraction of sp³-hybridized carbons (Fsp3) is 0.571. The highest BCUT2D eigenvalue weighted by Gasteiger charge is 2.31. The van der Waals surface area contributed by atoms with Crippen LogP contribution < -0.4 is 10.6 Å². The van der Waals surface area contributed by atoms with Gasteiger partial charge in [0.05, 0.1) is 5.69 Å². The summed E-state index contributed by atoms with van der Waals surface area (Å²) in [5.41, 5.74) is 7.27. The lowest BCUT2D eigenvalue weighted by molar-refractivity contribution is 0.574. The first-order chi connectivity index (χ1) is 8.00. The molecule has 1 unspecified atom stereocenters. The van der Waals surface area contributed by atoms with E-state index in [1.807, 2.05) is 31.0 Å². The molecule has 0 spiro atoms. The molecule has 0 bridgehead atoms. The number of hydrogen-bond donors (Lipinski definition) is 1. The Labute approximate surface area is 103 Å². The lowest BCUT2D eigenvalue weighted by Crippen LogP contribution is -2.31. The number of benzene rings is 1. The number of anilines is 1. The van der Waals surface area contributed by atoms with Gasteiger partial charge in [-0.2, -0.15) is 0 Å². The van der Waals surface area contributed by atoms with Gasteiger partial charge in [-0.15, -0.1) is 0 Å². The summed E-state index contributed by atoms with van der Waals surface area (Å²) in [6.07, 6.45) is 2.54. The van der Waals surface area contributed by atoms with Crippen molar-refractivity contribution in [3.05, 3.63) is 29.6 Å². The number of rotatable bonds is 4. The monoisotopic (exact) mass is 236 g/mol. The highest BCUT2D eigenvalue weighted by molar-refractivity contribution is 5.50. The van der Waals surface area contributed by atoms with Crippen molar-refractivity contribution < 1.29 is 4.39 Å². The van der Waals surface area contributed by atoms with Crippen LogP contribution in [0.1, 0.15) is 38.3 Å². The zero-order valence-electron chi connectivity index (χ0n) is 10.8. The predicted octanol–water partition coefficient (Wildman–Crippen LogP) is 3.08. The number of nitrogens with zero attached hydrogens (tertiary/aromatic N) is 1. The summed E-state index contributed by atoms with van der Waals surface area (Å²) >= 11 is 0. The molecule has 1 aromatic carbocycles. The third-order valence-corrected chi connectivity index (χ3v) is 3.79. The minimum Gasteiger partial charge on any atom is -0.369 e. The molecule has 94 valence electrons. The van der Waals surface area contributed by atoms with Gasteiger partial charge in [-0.1, -0.05) is 6.07 Å². The Bertz CT molecular complexity index is 399. The zero-order chi connectivity index (χ0) is 12.6. The van der Waals surface area contributed by atoms with Crippen molar-refractivity contribution in [2.24, 2.45) is 11.7 Å². The molecule has 1 fully saturated rings. The zero-order valence-corrected chi connectivity index (χ0v) is 10.8. The molecule has 17 heavy (non-hydrogen) atoms. The van der Waals surface area contributed by atoms with E-state index in [0.717, 1.165) is 11.5 Å². The van der Waals surface area contributed by atoms with Gasteiger partial charge in [-0.25, -0.2) is 4.39 Å². The van der Waals surface area contributed by atoms with E-state index in [9.17, 15) is 4.39 Å². The average Bonchev–Trinajstić information content (AvgIpc) is 3.10. The van der Waals surface area contributed by atoms with Gasteiger partial charge in [0, 0.05) is 19.1 Å². The van der Waals surface area contributed by atoms with E-state index in [1.165, 1.54) is 12.8 Å². The molecule has 1 aliphatic carbocycles. The van der Waals surface area contributed by atoms with Crippen molar-refractivity contribution in [3.8, 4) is 0 Å². The average molecular weight is 236 g/mol. The largest absolute Gasteiger partial charge is 0.369 e. The van der Waals surface area contributed by atoms with Gasteiger partial charge in [0.2, 0.25) is 0 Å². The summed E-state index contributed by atoms with van der Waals surface area (Å²) in [4.78, 5) is 2.04. The summed E-state index contributed by atoms with van der Waals surface area (Å²) in [5, 5.41) is 0. The fourth-order valence-corrected chi connectivity index (χ4v) is 2.21. The highest BCUT2D eigenvalue weighted by Crippen LogP contribution is 2.37. The maximum atomic E-state index is 14.0. The predicted molar refractivity (Wildman–Crippen MR) is 69.6 cm³/mol. The summed E-state index contributed by atoms with van der Waals surface area (Å²) in [5.74, 6) is 0.558. The first-order valence-electron chi connectivity index (χ1n) is 6.28. The lowest BCUT2D eigenvalue weighted by atomic mass is 10.1. The second-order valence-corrected chi connectivity index (χ2v) is 5.19. The molecule has 0 heterocycles. The third-order valence-electron chi connectivity index (χ3n) is 3.79. The molecule has 1 aromatic rings. The van der Waals surface area contributed by atoms with E-state index < -0.39 is 0 Å². The molecular formula is C14H21FN2. The molecule has 0 radical (unpaired) electrons. The normalized spacial score (nSPS) is 18.9. The van der Waals surface area contributed by atoms with Crippen LogP contribution in [-0.4, -0.2) is 13.1 Å². The van der Waals surface area contributed by atoms with Crippen molar-refractivity contribution >= 4 is 5.69 Å². The molecule has 3 heteroatoms. The first kappa shape index (κ1) is 12.4. The van der Waals surface area contributed by atoms with Gasteiger partial charge >= 0.3 is 0 Å². The smallest absolute Gasteiger partial charge is 0.146 e. The quantitative estimate of drug-likeness (QED) is 0.870. The lowest BCUT2D eigenvalue weighted by Gasteiger charge is -2.27. The summed E-state index contributed by atoms with van der Waals surface area (Å²) in [7, 11) is 1.97. The van der Waals surface area contributed by atoms with E-state index >= 15 is 0 Å². The van der Waals surface area contributed by atoms with Crippen LogP contribution in [0.4, 0.5) is 10.1 Å². The Balaban J connectivity index is 2.20. The van der Waals surface area contributed by atoms with Gasteiger partial charge in [-0.3, -0.25) is 0 Å². The minimum atomic E-state index is -0.171. The Kier molecular flexibility index (Phi) is 3.38. The van der Waals surface area contributed by atoms with Gasteiger partial charge < -0.3 is 10.6 Å². The number of halogens is 1. The second kappa shape index (κ2) is 4.65. The van der Waals surface area contributed by atoms with Crippen LogP contribution in [0.5, 0.6) is 0 Å². The first-order valence-corrected chi connectivity index (χ1v) is 6.28. The van der Waals surface area contributed by atoms with Gasteiger partial charge in [0.25, 0.3) is 0 Å². The van der Waals surface area contributed by atoms with Crippen LogP contribution in [0.2, 0.25) is 0 Å². The highest BCUT2D eigenvalue weighted by atomic mass is 19.1. The van der Waals surface area contributed by atoms with Gasteiger partial charge in [-0.05, 0) is 50.3 Å². The Morgan fingerprint density at radius 2 is 2.00 bits per heavy atom. The van der Waals surface area contributed by atoms with Crippen molar-refractivity contribution in [3.63, 3.8) is 0 Å².